The summed E-state index contributed by atoms with van der Waals surface area (Å²) in [5.41, 5.74) is 2.12. The zero-order chi connectivity index (χ0) is 21.3. The lowest BCUT2D eigenvalue weighted by Gasteiger charge is -2.15. The maximum absolute atomic E-state index is 12.4. The van der Waals surface area contributed by atoms with Crippen LogP contribution in [0.5, 0.6) is 11.5 Å². The van der Waals surface area contributed by atoms with Gasteiger partial charge in [0.25, 0.3) is 5.91 Å². The third-order valence-corrected chi connectivity index (χ3v) is 4.76. The van der Waals surface area contributed by atoms with Crippen LogP contribution in [0.25, 0.3) is 0 Å². The molecule has 0 saturated carbocycles. The molecule has 1 N–H and O–H groups in total. The van der Waals surface area contributed by atoms with Crippen molar-refractivity contribution in [2.75, 3.05) is 11.9 Å². The maximum atomic E-state index is 12.4. The van der Waals surface area contributed by atoms with Crippen molar-refractivity contribution < 1.29 is 19.1 Å². The van der Waals surface area contributed by atoms with Crippen LogP contribution in [-0.2, 0) is 9.53 Å². The number of hydrogen-bond acceptors (Lipinski definition) is 4. The number of ether oxygens (including phenoxy) is 2. The van der Waals surface area contributed by atoms with Crippen LogP contribution in [0.4, 0.5) is 5.69 Å². The second-order valence-electron chi connectivity index (χ2n) is 6.96. The number of nitrogens with one attached hydrogen (secondary N) is 1. The Morgan fingerprint density at radius 3 is 2.37 bits per heavy atom. The minimum atomic E-state index is -0.584. The highest BCUT2D eigenvalue weighted by molar-refractivity contribution is 5.96. The van der Waals surface area contributed by atoms with E-state index in [4.69, 9.17) is 9.47 Å². The molecule has 0 unspecified atom stereocenters. The van der Waals surface area contributed by atoms with Gasteiger partial charge in [-0.05, 0) is 54.3 Å². The van der Waals surface area contributed by atoms with Crippen LogP contribution in [0.2, 0.25) is 0 Å². The third-order valence-electron chi connectivity index (χ3n) is 4.76. The Hall–Kier alpha value is -3.60. The van der Waals surface area contributed by atoms with Gasteiger partial charge in [-0.25, -0.2) is 4.79 Å². The number of para-hydroxylation sites is 2. The van der Waals surface area contributed by atoms with Gasteiger partial charge in [0, 0.05) is 5.69 Å². The number of carbonyl (C=O) groups is 2. The first-order valence-corrected chi connectivity index (χ1v) is 9.95. The summed E-state index contributed by atoms with van der Waals surface area (Å²) < 4.78 is 10.9. The molecule has 30 heavy (non-hydrogen) atoms. The number of anilines is 1. The fraction of sp³-hybridized carbons (Fsp3) is 0.200. The highest BCUT2D eigenvalue weighted by Gasteiger charge is 2.14. The number of rotatable bonds is 8. The van der Waals surface area contributed by atoms with Crippen molar-refractivity contribution in [3.8, 4) is 11.5 Å². The van der Waals surface area contributed by atoms with Gasteiger partial charge in [-0.2, -0.15) is 0 Å². The van der Waals surface area contributed by atoms with Crippen molar-refractivity contribution in [2.45, 2.75) is 26.2 Å². The van der Waals surface area contributed by atoms with Crippen LogP contribution in [0.15, 0.2) is 78.9 Å². The predicted molar refractivity (Wildman–Crippen MR) is 117 cm³/mol. The molecule has 3 aromatic carbocycles. The van der Waals surface area contributed by atoms with Gasteiger partial charge in [-0.3, -0.25) is 4.79 Å². The molecule has 1 atom stereocenters. The number of hydrogen-bond donors (Lipinski definition) is 1. The fourth-order valence-corrected chi connectivity index (χ4v) is 2.97. The normalized spacial score (nSPS) is 11.4. The van der Waals surface area contributed by atoms with Crippen molar-refractivity contribution in [1.29, 1.82) is 0 Å². The summed E-state index contributed by atoms with van der Waals surface area (Å²) in [5, 5.41) is 2.84. The van der Waals surface area contributed by atoms with E-state index in [9.17, 15) is 9.59 Å². The molecular weight excluding hydrogens is 378 g/mol. The molecule has 5 nitrogen and oxygen atoms in total. The lowest BCUT2D eigenvalue weighted by molar-refractivity contribution is -0.119. The standard InChI is InChI=1S/C25H25NO4/c1-3-18(2)22-14-7-8-15-23(22)26-24(27)17-29-25(28)19-10-9-13-21(16-19)30-20-11-5-4-6-12-20/h4-16,18H,3,17H2,1-2H3,(H,26,27)/t18-/m0/s1. The number of esters is 1. The van der Waals surface area contributed by atoms with E-state index >= 15 is 0 Å². The van der Waals surface area contributed by atoms with E-state index < -0.39 is 5.97 Å². The Labute approximate surface area is 176 Å². The molecule has 0 heterocycles. The summed E-state index contributed by atoms with van der Waals surface area (Å²) in [6.07, 6.45) is 0.962. The van der Waals surface area contributed by atoms with E-state index in [-0.39, 0.29) is 12.5 Å². The summed E-state index contributed by atoms with van der Waals surface area (Å²) in [6.45, 7) is 3.84. The molecule has 5 heteroatoms. The molecule has 0 aliphatic rings. The van der Waals surface area contributed by atoms with Crippen LogP contribution < -0.4 is 10.1 Å². The van der Waals surface area contributed by atoms with Crippen LogP contribution in [-0.4, -0.2) is 18.5 Å². The van der Waals surface area contributed by atoms with E-state index in [1.54, 1.807) is 24.3 Å². The number of carbonyl (C=O) groups excluding carboxylic acids is 2. The van der Waals surface area contributed by atoms with Gasteiger partial charge in [0.05, 0.1) is 5.56 Å². The van der Waals surface area contributed by atoms with Crippen molar-refractivity contribution in [2.24, 2.45) is 0 Å². The van der Waals surface area contributed by atoms with Gasteiger partial charge in [0.2, 0.25) is 0 Å². The fourth-order valence-electron chi connectivity index (χ4n) is 2.97. The Morgan fingerprint density at radius 2 is 1.60 bits per heavy atom. The summed E-state index contributed by atoms with van der Waals surface area (Å²) in [4.78, 5) is 24.7. The molecule has 3 aromatic rings. The van der Waals surface area contributed by atoms with E-state index in [1.165, 1.54) is 0 Å². The summed E-state index contributed by atoms with van der Waals surface area (Å²) in [7, 11) is 0. The maximum Gasteiger partial charge on any atom is 0.338 e. The molecule has 0 aliphatic carbocycles. The molecule has 0 bridgehead atoms. The highest BCUT2D eigenvalue weighted by Crippen LogP contribution is 2.26. The summed E-state index contributed by atoms with van der Waals surface area (Å²) in [5.74, 6) is 0.538. The van der Waals surface area contributed by atoms with E-state index in [1.807, 2.05) is 54.6 Å². The SMILES string of the molecule is CC[C@H](C)c1ccccc1NC(=O)COC(=O)c1cccc(Oc2ccccc2)c1. The van der Waals surface area contributed by atoms with Crippen molar-refractivity contribution >= 4 is 17.6 Å². The second kappa shape index (κ2) is 10.3. The zero-order valence-corrected chi connectivity index (χ0v) is 17.1. The van der Waals surface area contributed by atoms with Crippen molar-refractivity contribution in [3.05, 3.63) is 90.0 Å². The first-order valence-electron chi connectivity index (χ1n) is 9.95. The number of amides is 1. The van der Waals surface area contributed by atoms with Gasteiger partial charge >= 0.3 is 5.97 Å². The Morgan fingerprint density at radius 1 is 0.900 bits per heavy atom. The third kappa shape index (κ3) is 5.70. The average molecular weight is 403 g/mol. The molecule has 154 valence electrons. The Bertz CT molecular complexity index is 1000. The molecule has 0 aliphatic heterocycles. The molecular formula is C25H25NO4. The Balaban J connectivity index is 1.58. The minimum Gasteiger partial charge on any atom is -0.457 e. The minimum absolute atomic E-state index is 0.316. The lowest BCUT2D eigenvalue weighted by atomic mass is 9.97. The van der Waals surface area contributed by atoms with Gasteiger partial charge < -0.3 is 14.8 Å². The topological polar surface area (TPSA) is 64.6 Å². The predicted octanol–water partition coefficient (Wildman–Crippen LogP) is 5.79. The molecule has 3 rings (SSSR count). The summed E-state index contributed by atoms with van der Waals surface area (Å²) in [6, 6.07) is 23.6. The Kier molecular flexibility index (Phi) is 7.22. The van der Waals surface area contributed by atoms with Gasteiger partial charge in [0.1, 0.15) is 11.5 Å². The number of benzene rings is 3. The van der Waals surface area contributed by atoms with Crippen LogP contribution in [0.1, 0.15) is 42.1 Å². The molecule has 0 saturated heterocycles. The first kappa shape index (κ1) is 21.1. The molecule has 0 fully saturated rings. The van der Waals surface area contributed by atoms with Crippen LogP contribution in [0.3, 0.4) is 0 Å². The van der Waals surface area contributed by atoms with Crippen LogP contribution in [0, 0.1) is 0 Å². The highest BCUT2D eigenvalue weighted by atomic mass is 16.5. The van der Waals surface area contributed by atoms with Crippen molar-refractivity contribution in [3.63, 3.8) is 0 Å². The monoisotopic (exact) mass is 403 g/mol. The van der Waals surface area contributed by atoms with Crippen LogP contribution >= 0.6 is 0 Å². The quantitative estimate of drug-likeness (QED) is 0.484. The van der Waals surface area contributed by atoms with Gasteiger partial charge in [0.15, 0.2) is 6.61 Å². The smallest absolute Gasteiger partial charge is 0.338 e. The lowest BCUT2D eigenvalue weighted by Crippen LogP contribution is -2.21. The molecule has 0 aromatic heterocycles. The molecule has 0 radical (unpaired) electrons. The van der Waals surface area contributed by atoms with Crippen molar-refractivity contribution in [1.82, 2.24) is 0 Å². The second-order valence-corrected chi connectivity index (χ2v) is 6.96. The van der Waals surface area contributed by atoms with E-state index in [2.05, 4.69) is 19.2 Å². The van der Waals surface area contributed by atoms with E-state index in [0.717, 1.165) is 17.7 Å². The summed E-state index contributed by atoms with van der Waals surface area (Å²) >= 11 is 0. The van der Waals surface area contributed by atoms with E-state index in [0.29, 0.717) is 23.0 Å². The molecule has 0 spiro atoms. The molecule has 1 amide bonds. The van der Waals surface area contributed by atoms with Gasteiger partial charge in [-0.1, -0.05) is 56.3 Å². The average Bonchev–Trinajstić information content (AvgIpc) is 2.78. The first-order chi connectivity index (χ1) is 14.6. The zero-order valence-electron chi connectivity index (χ0n) is 17.1. The largest absolute Gasteiger partial charge is 0.457 e. The van der Waals surface area contributed by atoms with Gasteiger partial charge in [-0.15, -0.1) is 0 Å².